The van der Waals surface area contributed by atoms with Gasteiger partial charge in [0, 0.05) is 12.2 Å². The highest BCUT2D eigenvalue weighted by Gasteiger charge is 2.20. The van der Waals surface area contributed by atoms with Gasteiger partial charge in [0.1, 0.15) is 12.7 Å². The van der Waals surface area contributed by atoms with E-state index in [1.807, 2.05) is 24.3 Å². The van der Waals surface area contributed by atoms with Crippen LogP contribution >= 0.6 is 0 Å². The summed E-state index contributed by atoms with van der Waals surface area (Å²) in [5.41, 5.74) is 1.73. The zero-order chi connectivity index (χ0) is 13.8. The van der Waals surface area contributed by atoms with Crippen LogP contribution in [0.25, 0.3) is 5.69 Å². The SMILES string of the molecule is O=C(Nc1ccc(-n2cncn2)cc1)[C@@H]1CCCNC1. The van der Waals surface area contributed by atoms with Crippen molar-refractivity contribution in [3.8, 4) is 5.69 Å². The summed E-state index contributed by atoms with van der Waals surface area (Å²) in [4.78, 5) is 16.0. The second-order valence-corrected chi connectivity index (χ2v) is 4.92. The Hall–Kier alpha value is -2.21. The minimum Gasteiger partial charge on any atom is -0.326 e. The van der Waals surface area contributed by atoms with E-state index >= 15 is 0 Å². The van der Waals surface area contributed by atoms with Crippen molar-refractivity contribution in [3.63, 3.8) is 0 Å². The molecule has 1 amide bonds. The number of carbonyl (C=O) groups excluding carboxylic acids is 1. The van der Waals surface area contributed by atoms with E-state index in [1.54, 1.807) is 11.0 Å². The molecule has 1 aliphatic rings. The van der Waals surface area contributed by atoms with E-state index in [4.69, 9.17) is 0 Å². The summed E-state index contributed by atoms with van der Waals surface area (Å²) in [5, 5.41) is 10.3. The van der Waals surface area contributed by atoms with Crippen LogP contribution in [0.15, 0.2) is 36.9 Å². The van der Waals surface area contributed by atoms with Gasteiger partial charge in [0.05, 0.1) is 11.6 Å². The molecule has 1 fully saturated rings. The molecule has 6 nitrogen and oxygen atoms in total. The minimum atomic E-state index is 0.0683. The third kappa shape index (κ3) is 2.85. The number of aromatic nitrogens is 3. The molecule has 0 radical (unpaired) electrons. The molecule has 1 saturated heterocycles. The second kappa shape index (κ2) is 5.83. The van der Waals surface area contributed by atoms with Gasteiger partial charge in [-0.05, 0) is 43.7 Å². The van der Waals surface area contributed by atoms with Gasteiger partial charge in [-0.3, -0.25) is 4.79 Å². The molecule has 0 bridgehead atoms. The lowest BCUT2D eigenvalue weighted by Crippen LogP contribution is -2.37. The van der Waals surface area contributed by atoms with Crippen molar-refractivity contribution in [3.05, 3.63) is 36.9 Å². The fourth-order valence-corrected chi connectivity index (χ4v) is 2.36. The topological polar surface area (TPSA) is 71.8 Å². The van der Waals surface area contributed by atoms with Gasteiger partial charge in [0.15, 0.2) is 0 Å². The number of benzene rings is 1. The van der Waals surface area contributed by atoms with Gasteiger partial charge in [-0.1, -0.05) is 0 Å². The summed E-state index contributed by atoms with van der Waals surface area (Å²) in [6, 6.07) is 7.57. The van der Waals surface area contributed by atoms with E-state index in [1.165, 1.54) is 6.33 Å². The maximum absolute atomic E-state index is 12.1. The van der Waals surface area contributed by atoms with Gasteiger partial charge >= 0.3 is 0 Å². The number of nitrogens with one attached hydrogen (secondary N) is 2. The van der Waals surface area contributed by atoms with Crippen molar-refractivity contribution >= 4 is 11.6 Å². The Bertz CT molecular complexity index is 558. The van der Waals surface area contributed by atoms with E-state index in [0.29, 0.717) is 0 Å². The Morgan fingerprint density at radius 3 is 2.85 bits per heavy atom. The Kier molecular flexibility index (Phi) is 3.73. The van der Waals surface area contributed by atoms with Crippen LogP contribution in [0.2, 0.25) is 0 Å². The molecule has 1 aliphatic heterocycles. The quantitative estimate of drug-likeness (QED) is 0.880. The highest BCUT2D eigenvalue weighted by Crippen LogP contribution is 2.16. The molecule has 3 rings (SSSR count). The van der Waals surface area contributed by atoms with Gasteiger partial charge in [-0.2, -0.15) is 5.10 Å². The van der Waals surface area contributed by atoms with Crippen LogP contribution in [-0.2, 0) is 4.79 Å². The normalized spacial score (nSPS) is 18.7. The smallest absolute Gasteiger partial charge is 0.228 e. The molecule has 20 heavy (non-hydrogen) atoms. The molecule has 1 atom stereocenters. The molecule has 0 aliphatic carbocycles. The average Bonchev–Trinajstić information content (AvgIpc) is 3.03. The van der Waals surface area contributed by atoms with Crippen LogP contribution < -0.4 is 10.6 Å². The van der Waals surface area contributed by atoms with Gasteiger partial charge in [0.2, 0.25) is 5.91 Å². The van der Waals surface area contributed by atoms with Crippen molar-refractivity contribution < 1.29 is 4.79 Å². The molecule has 6 heteroatoms. The van der Waals surface area contributed by atoms with Gasteiger partial charge < -0.3 is 10.6 Å². The summed E-state index contributed by atoms with van der Waals surface area (Å²) in [6.07, 6.45) is 5.15. The molecule has 0 saturated carbocycles. The van der Waals surface area contributed by atoms with Gasteiger partial charge in [0.25, 0.3) is 0 Å². The van der Waals surface area contributed by atoms with E-state index in [9.17, 15) is 4.79 Å². The first-order chi connectivity index (χ1) is 9.83. The lowest BCUT2D eigenvalue weighted by Gasteiger charge is -2.21. The number of hydrogen-bond donors (Lipinski definition) is 2. The predicted molar refractivity (Wildman–Crippen MR) is 75.6 cm³/mol. The van der Waals surface area contributed by atoms with E-state index in [0.717, 1.165) is 37.3 Å². The summed E-state index contributed by atoms with van der Waals surface area (Å²) in [5.74, 6) is 0.157. The van der Waals surface area contributed by atoms with Crippen LogP contribution in [0, 0.1) is 5.92 Å². The largest absolute Gasteiger partial charge is 0.326 e. The molecule has 0 unspecified atom stereocenters. The molecule has 1 aromatic carbocycles. The van der Waals surface area contributed by atoms with Crippen LogP contribution in [0.5, 0.6) is 0 Å². The number of nitrogens with zero attached hydrogens (tertiary/aromatic N) is 3. The highest BCUT2D eigenvalue weighted by molar-refractivity contribution is 5.92. The van der Waals surface area contributed by atoms with E-state index in [-0.39, 0.29) is 11.8 Å². The molecule has 2 aromatic rings. The minimum absolute atomic E-state index is 0.0683. The predicted octanol–water partition coefficient (Wildman–Crippen LogP) is 1.21. The summed E-state index contributed by atoms with van der Waals surface area (Å²) in [7, 11) is 0. The zero-order valence-corrected chi connectivity index (χ0v) is 11.1. The molecular formula is C14H17N5O. The van der Waals surface area contributed by atoms with Crippen LogP contribution in [0.3, 0.4) is 0 Å². The number of carbonyl (C=O) groups is 1. The van der Waals surface area contributed by atoms with E-state index in [2.05, 4.69) is 20.7 Å². The third-order valence-corrected chi connectivity index (χ3v) is 3.49. The maximum atomic E-state index is 12.1. The fraction of sp³-hybridized carbons (Fsp3) is 0.357. The zero-order valence-electron chi connectivity index (χ0n) is 11.1. The standard InChI is InChI=1S/C14H17N5O/c20-14(11-2-1-7-15-8-11)18-12-3-5-13(6-4-12)19-10-16-9-17-19/h3-6,9-11,15H,1-2,7-8H2,(H,18,20)/t11-/m1/s1. The van der Waals surface area contributed by atoms with Crippen LogP contribution in [0.1, 0.15) is 12.8 Å². The third-order valence-electron chi connectivity index (χ3n) is 3.49. The average molecular weight is 271 g/mol. The van der Waals surface area contributed by atoms with Gasteiger partial charge in [-0.25, -0.2) is 9.67 Å². The molecule has 1 aromatic heterocycles. The van der Waals surface area contributed by atoms with Crippen molar-refractivity contribution in [2.24, 2.45) is 5.92 Å². The summed E-state index contributed by atoms with van der Waals surface area (Å²) >= 11 is 0. The second-order valence-electron chi connectivity index (χ2n) is 4.92. The molecule has 0 spiro atoms. The lowest BCUT2D eigenvalue weighted by atomic mass is 9.99. The van der Waals surface area contributed by atoms with Gasteiger partial charge in [-0.15, -0.1) is 0 Å². The molecule has 2 N–H and O–H groups in total. The Labute approximate surface area is 117 Å². The summed E-state index contributed by atoms with van der Waals surface area (Å²) < 4.78 is 1.68. The van der Waals surface area contributed by atoms with Crippen LogP contribution in [-0.4, -0.2) is 33.8 Å². The molecule has 2 heterocycles. The monoisotopic (exact) mass is 271 g/mol. The van der Waals surface area contributed by atoms with Crippen molar-refractivity contribution in [2.45, 2.75) is 12.8 Å². The first-order valence-corrected chi connectivity index (χ1v) is 6.79. The van der Waals surface area contributed by atoms with E-state index < -0.39 is 0 Å². The molecular weight excluding hydrogens is 254 g/mol. The van der Waals surface area contributed by atoms with Crippen LogP contribution in [0.4, 0.5) is 5.69 Å². The highest BCUT2D eigenvalue weighted by atomic mass is 16.1. The molecule has 104 valence electrons. The van der Waals surface area contributed by atoms with Crippen molar-refractivity contribution in [1.82, 2.24) is 20.1 Å². The fourth-order valence-electron chi connectivity index (χ4n) is 2.36. The Morgan fingerprint density at radius 2 is 2.20 bits per heavy atom. The van der Waals surface area contributed by atoms with Crippen molar-refractivity contribution in [1.29, 1.82) is 0 Å². The number of amides is 1. The Balaban J connectivity index is 1.64. The Morgan fingerprint density at radius 1 is 1.35 bits per heavy atom. The van der Waals surface area contributed by atoms with Crippen molar-refractivity contribution in [2.75, 3.05) is 18.4 Å². The first-order valence-electron chi connectivity index (χ1n) is 6.79. The lowest BCUT2D eigenvalue weighted by molar-refractivity contribution is -0.120. The number of anilines is 1. The number of hydrogen-bond acceptors (Lipinski definition) is 4. The maximum Gasteiger partial charge on any atom is 0.228 e. The summed E-state index contributed by atoms with van der Waals surface area (Å²) in [6.45, 7) is 1.78. The number of rotatable bonds is 3. The number of piperidine rings is 1. The first kappa shape index (κ1) is 12.8.